The molecular formula is C17H39NO5P+. The van der Waals surface area contributed by atoms with Gasteiger partial charge in [-0.05, 0) is 19.3 Å². The first kappa shape index (κ1) is 24.0. The summed E-state index contributed by atoms with van der Waals surface area (Å²) in [6.07, 6.45) is 8.72. The number of phosphoric acid groups is 1. The average molecular weight is 368 g/mol. The number of rotatable bonds is 17. The third-order valence-corrected chi connectivity index (χ3v) is 4.61. The zero-order valence-corrected chi connectivity index (χ0v) is 17.1. The van der Waals surface area contributed by atoms with E-state index in [0.717, 1.165) is 45.3 Å². The van der Waals surface area contributed by atoms with Crippen molar-refractivity contribution in [3.8, 4) is 0 Å². The number of hydrogen-bond donors (Lipinski definition) is 1. The summed E-state index contributed by atoms with van der Waals surface area (Å²) in [7, 11) is 2.13. The number of hydrogen-bond acceptors (Lipinski definition) is 4. The molecule has 0 radical (unpaired) electrons. The standard InChI is InChI=1S/C17H38NO5P/c1-5-6-14-21-15-11-9-7-8-10-12-16-22-24(19,20)23-17-13-18(2,3)4/h5-17H2,1-4H3/p+1. The van der Waals surface area contributed by atoms with Crippen molar-refractivity contribution in [3.63, 3.8) is 0 Å². The monoisotopic (exact) mass is 368 g/mol. The average Bonchev–Trinajstić information content (AvgIpc) is 2.46. The van der Waals surface area contributed by atoms with Gasteiger partial charge >= 0.3 is 7.82 Å². The van der Waals surface area contributed by atoms with E-state index >= 15 is 0 Å². The number of phosphoric ester groups is 1. The molecule has 0 aliphatic heterocycles. The fourth-order valence-corrected chi connectivity index (χ4v) is 2.76. The van der Waals surface area contributed by atoms with Gasteiger partial charge in [-0.2, -0.15) is 0 Å². The van der Waals surface area contributed by atoms with Crippen LogP contribution in [0.4, 0.5) is 0 Å². The van der Waals surface area contributed by atoms with Gasteiger partial charge < -0.3 is 14.1 Å². The summed E-state index contributed by atoms with van der Waals surface area (Å²) in [6, 6.07) is 0. The Balaban J connectivity index is 3.38. The highest BCUT2D eigenvalue weighted by Crippen LogP contribution is 2.43. The minimum absolute atomic E-state index is 0.220. The van der Waals surface area contributed by atoms with Gasteiger partial charge in [0.1, 0.15) is 13.2 Å². The summed E-state index contributed by atoms with van der Waals surface area (Å²) in [5.41, 5.74) is 0. The van der Waals surface area contributed by atoms with Crippen molar-refractivity contribution in [2.75, 3.05) is 54.1 Å². The van der Waals surface area contributed by atoms with Gasteiger partial charge in [0, 0.05) is 13.2 Å². The van der Waals surface area contributed by atoms with Gasteiger partial charge in [-0.3, -0.25) is 9.05 Å². The van der Waals surface area contributed by atoms with Crippen LogP contribution in [-0.2, 0) is 18.3 Å². The molecule has 7 heteroatoms. The summed E-state index contributed by atoms with van der Waals surface area (Å²) in [5, 5.41) is 0. The molecule has 0 aromatic carbocycles. The molecule has 0 saturated heterocycles. The molecule has 6 nitrogen and oxygen atoms in total. The first-order chi connectivity index (χ1) is 11.3. The third kappa shape index (κ3) is 18.4. The first-order valence-electron chi connectivity index (χ1n) is 9.27. The molecule has 0 heterocycles. The lowest BCUT2D eigenvalue weighted by molar-refractivity contribution is -0.870. The van der Waals surface area contributed by atoms with Crippen molar-refractivity contribution >= 4 is 7.82 Å². The highest BCUT2D eigenvalue weighted by Gasteiger charge is 2.21. The third-order valence-electron chi connectivity index (χ3n) is 3.60. The Morgan fingerprint density at radius 1 is 0.792 bits per heavy atom. The van der Waals surface area contributed by atoms with Crippen molar-refractivity contribution in [1.82, 2.24) is 0 Å². The number of unbranched alkanes of at least 4 members (excludes halogenated alkanes) is 6. The number of quaternary nitrogens is 1. The lowest BCUT2D eigenvalue weighted by Crippen LogP contribution is -2.37. The van der Waals surface area contributed by atoms with Crippen LogP contribution >= 0.6 is 7.82 Å². The van der Waals surface area contributed by atoms with E-state index in [1.807, 2.05) is 21.1 Å². The maximum absolute atomic E-state index is 11.7. The molecule has 0 aliphatic carbocycles. The number of nitrogens with zero attached hydrogens (tertiary/aromatic N) is 1. The molecule has 0 spiro atoms. The van der Waals surface area contributed by atoms with Crippen LogP contribution in [0.15, 0.2) is 0 Å². The highest BCUT2D eigenvalue weighted by atomic mass is 31.2. The topological polar surface area (TPSA) is 65.0 Å². The van der Waals surface area contributed by atoms with Crippen molar-refractivity contribution in [1.29, 1.82) is 0 Å². The van der Waals surface area contributed by atoms with Crippen LogP contribution in [-0.4, -0.2) is 63.5 Å². The largest absolute Gasteiger partial charge is 0.472 e. The van der Waals surface area contributed by atoms with E-state index in [-0.39, 0.29) is 13.2 Å². The second-order valence-electron chi connectivity index (χ2n) is 7.24. The van der Waals surface area contributed by atoms with Crippen LogP contribution in [0, 0.1) is 0 Å². The molecule has 24 heavy (non-hydrogen) atoms. The molecule has 0 amide bonds. The second-order valence-corrected chi connectivity index (χ2v) is 8.69. The Morgan fingerprint density at radius 2 is 1.29 bits per heavy atom. The van der Waals surface area contributed by atoms with Crippen LogP contribution in [0.3, 0.4) is 0 Å². The number of ether oxygens (including phenoxy) is 1. The maximum Gasteiger partial charge on any atom is 0.472 e. The zero-order valence-electron chi connectivity index (χ0n) is 16.2. The van der Waals surface area contributed by atoms with Crippen molar-refractivity contribution in [3.05, 3.63) is 0 Å². The molecule has 146 valence electrons. The van der Waals surface area contributed by atoms with Crippen molar-refractivity contribution in [2.45, 2.75) is 58.3 Å². The van der Waals surface area contributed by atoms with Crippen LogP contribution < -0.4 is 0 Å². The van der Waals surface area contributed by atoms with Crippen LogP contribution in [0.5, 0.6) is 0 Å². The van der Waals surface area contributed by atoms with Gasteiger partial charge in [0.25, 0.3) is 0 Å². The Kier molecular flexibility index (Phi) is 14.2. The lowest BCUT2D eigenvalue weighted by Gasteiger charge is -2.24. The fraction of sp³-hybridized carbons (Fsp3) is 1.00. The SMILES string of the molecule is CCCCOCCCCCCCCOP(=O)(O)OCC[N+](C)(C)C. The molecular weight excluding hydrogens is 329 g/mol. The van der Waals surface area contributed by atoms with Crippen molar-refractivity contribution < 1.29 is 27.7 Å². The van der Waals surface area contributed by atoms with E-state index in [1.54, 1.807) is 0 Å². The van der Waals surface area contributed by atoms with E-state index in [9.17, 15) is 9.46 Å². The molecule has 0 bridgehead atoms. The first-order valence-corrected chi connectivity index (χ1v) is 10.8. The minimum atomic E-state index is -3.88. The number of likely N-dealkylation sites (N-methyl/N-ethyl adjacent to an activating group) is 1. The van der Waals surface area contributed by atoms with E-state index < -0.39 is 7.82 Å². The predicted molar refractivity (Wildman–Crippen MR) is 98.1 cm³/mol. The van der Waals surface area contributed by atoms with Crippen LogP contribution in [0.25, 0.3) is 0 Å². The molecule has 1 atom stereocenters. The quantitative estimate of drug-likeness (QED) is 0.239. The lowest BCUT2D eigenvalue weighted by atomic mass is 10.1. The van der Waals surface area contributed by atoms with E-state index in [0.29, 0.717) is 11.0 Å². The fourth-order valence-electron chi connectivity index (χ4n) is 2.01. The predicted octanol–water partition coefficient (Wildman–Crippen LogP) is 3.98. The van der Waals surface area contributed by atoms with Crippen LogP contribution in [0.2, 0.25) is 0 Å². The maximum atomic E-state index is 11.7. The summed E-state index contributed by atoms with van der Waals surface area (Å²) >= 11 is 0. The summed E-state index contributed by atoms with van der Waals surface area (Å²) < 4.78 is 27.8. The van der Waals surface area contributed by atoms with E-state index in [2.05, 4.69) is 6.92 Å². The van der Waals surface area contributed by atoms with Gasteiger partial charge in [-0.1, -0.05) is 39.0 Å². The zero-order chi connectivity index (χ0) is 18.3. The second kappa shape index (κ2) is 14.2. The van der Waals surface area contributed by atoms with Crippen LogP contribution in [0.1, 0.15) is 58.3 Å². The highest BCUT2D eigenvalue weighted by molar-refractivity contribution is 7.47. The minimum Gasteiger partial charge on any atom is -0.381 e. The molecule has 0 aromatic heterocycles. The molecule has 0 rings (SSSR count). The molecule has 1 unspecified atom stereocenters. The van der Waals surface area contributed by atoms with Gasteiger partial charge in [-0.25, -0.2) is 4.57 Å². The van der Waals surface area contributed by atoms with Gasteiger partial charge in [0.15, 0.2) is 0 Å². The molecule has 1 N–H and O–H groups in total. The van der Waals surface area contributed by atoms with Gasteiger partial charge in [0.05, 0.1) is 27.7 Å². The Hall–Kier alpha value is 0.0300. The van der Waals surface area contributed by atoms with Crippen molar-refractivity contribution in [2.24, 2.45) is 0 Å². The molecule has 0 fully saturated rings. The smallest absolute Gasteiger partial charge is 0.381 e. The Labute approximate surface area is 148 Å². The Bertz CT molecular complexity index is 333. The van der Waals surface area contributed by atoms with E-state index in [1.165, 1.54) is 19.3 Å². The summed E-state index contributed by atoms with van der Waals surface area (Å²) in [4.78, 5) is 9.56. The molecule has 0 aromatic rings. The summed E-state index contributed by atoms with van der Waals surface area (Å²) in [6.45, 7) is 5.07. The van der Waals surface area contributed by atoms with Gasteiger partial charge in [0.2, 0.25) is 0 Å². The normalized spacial score (nSPS) is 14.7. The summed E-state index contributed by atoms with van der Waals surface area (Å²) in [5.74, 6) is 0. The molecule has 0 aliphatic rings. The van der Waals surface area contributed by atoms with E-state index in [4.69, 9.17) is 13.8 Å². The van der Waals surface area contributed by atoms with Gasteiger partial charge in [-0.15, -0.1) is 0 Å². The molecule has 0 saturated carbocycles. The Morgan fingerprint density at radius 3 is 1.88 bits per heavy atom.